The van der Waals surface area contributed by atoms with Crippen LogP contribution in [0.5, 0.6) is 5.75 Å². The number of ketones is 1. The number of methoxy groups -OCH3 is 1. The summed E-state index contributed by atoms with van der Waals surface area (Å²) in [5, 5.41) is 0. The molecule has 0 saturated heterocycles. The molecular formula is C27H36N2O2. The van der Waals surface area contributed by atoms with Gasteiger partial charge in [-0.15, -0.1) is 0 Å². The van der Waals surface area contributed by atoms with Crippen LogP contribution in [-0.4, -0.2) is 24.3 Å². The van der Waals surface area contributed by atoms with Crippen molar-refractivity contribution in [3.05, 3.63) is 58.8 Å². The smallest absolute Gasteiger partial charge is 0.160 e. The monoisotopic (exact) mass is 420 g/mol. The minimum atomic E-state index is -0.00724. The number of benzene rings is 1. The third-order valence-electron chi connectivity index (χ3n) is 5.65. The summed E-state index contributed by atoms with van der Waals surface area (Å²) in [6, 6.07) is 3.60. The third kappa shape index (κ3) is 7.16. The molecule has 0 amide bonds. The average Bonchev–Trinajstić information content (AvgIpc) is 3.54. The van der Waals surface area contributed by atoms with Gasteiger partial charge in [0.1, 0.15) is 5.75 Å². The van der Waals surface area contributed by atoms with E-state index in [1.165, 1.54) is 19.3 Å². The van der Waals surface area contributed by atoms with Crippen LogP contribution in [0.25, 0.3) is 0 Å². The minimum Gasteiger partial charge on any atom is -0.496 e. The Kier molecular flexibility index (Phi) is 8.73. The van der Waals surface area contributed by atoms with E-state index in [1.807, 2.05) is 33.8 Å². The fourth-order valence-electron chi connectivity index (χ4n) is 3.39. The first-order chi connectivity index (χ1) is 14.7. The summed E-state index contributed by atoms with van der Waals surface area (Å²) in [6.45, 7) is 15.5. The summed E-state index contributed by atoms with van der Waals surface area (Å²) in [7, 11) is 1.61. The van der Waals surface area contributed by atoms with E-state index in [0.717, 1.165) is 51.9 Å². The van der Waals surface area contributed by atoms with Crippen LogP contribution in [0.2, 0.25) is 0 Å². The van der Waals surface area contributed by atoms with E-state index < -0.39 is 0 Å². The fourth-order valence-corrected chi connectivity index (χ4v) is 3.39. The molecule has 1 aliphatic carbocycles. The molecular weight excluding hydrogens is 384 g/mol. The summed E-state index contributed by atoms with van der Waals surface area (Å²) in [4.78, 5) is 21.5. The largest absolute Gasteiger partial charge is 0.496 e. The Bertz CT molecular complexity index is 973. The molecule has 0 N–H and O–H groups in total. The van der Waals surface area contributed by atoms with E-state index in [1.54, 1.807) is 20.1 Å². The van der Waals surface area contributed by atoms with Gasteiger partial charge in [0.15, 0.2) is 5.78 Å². The molecule has 0 heterocycles. The number of carbonyl (C=O) groups is 1. The topological polar surface area (TPSA) is 51.0 Å². The Hall–Kier alpha value is -2.75. The predicted molar refractivity (Wildman–Crippen MR) is 132 cm³/mol. The van der Waals surface area contributed by atoms with Gasteiger partial charge >= 0.3 is 0 Å². The maximum Gasteiger partial charge on any atom is 0.160 e. The zero-order chi connectivity index (χ0) is 23.1. The highest BCUT2D eigenvalue weighted by Crippen LogP contribution is 2.34. The van der Waals surface area contributed by atoms with Crippen LogP contribution < -0.4 is 4.74 Å². The molecule has 4 nitrogen and oxygen atoms in total. The molecule has 31 heavy (non-hydrogen) atoms. The van der Waals surface area contributed by atoms with Crippen LogP contribution in [0.4, 0.5) is 5.69 Å². The lowest BCUT2D eigenvalue weighted by atomic mass is 10.00. The van der Waals surface area contributed by atoms with Crippen molar-refractivity contribution in [1.29, 1.82) is 0 Å². The third-order valence-corrected chi connectivity index (χ3v) is 5.65. The van der Waals surface area contributed by atoms with E-state index >= 15 is 0 Å². The van der Waals surface area contributed by atoms with Crippen LogP contribution in [0.3, 0.4) is 0 Å². The molecule has 0 spiro atoms. The van der Waals surface area contributed by atoms with Crippen LogP contribution in [0.15, 0.2) is 57.7 Å². The first-order valence-electron chi connectivity index (χ1n) is 11.0. The zero-order valence-electron chi connectivity index (χ0n) is 20.1. The highest BCUT2D eigenvalue weighted by Gasteiger charge is 2.22. The molecule has 2 rings (SSSR count). The van der Waals surface area contributed by atoms with Crippen molar-refractivity contribution in [3.63, 3.8) is 0 Å². The lowest BCUT2D eigenvalue weighted by Crippen LogP contribution is -2.05. The zero-order valence-corrected chi connectivity index (χ0v) is 20.1. The second-order valence-corrected chi connectivity index (χ2v) is 8.42. The number of aliphatic imine (C=N–C) groups is 2. The number of nitrogens with zero attached hydrogens (tertiary/aromatic N) is 2. The van der Waals surface area contributed by atoms with Gasteiger partial charge in [0.25, 0.3) is 0 Å². The summed E-state index contributed by atoms with van der Waals surface area (Å²) in [6.07, 6.45) is 9.09. The number of hydrogen-bond donors (Lipinski definition) is 0. The molecule has 4 heteroatoms. The van der Waals surface area contributed by atoms with Crippen LogP contribution in [-0.2, 0) is 0 Å². The van der Waals surface area contributed by atoms with Gasteiger partial charge in [0.05, 0.1) is 12.8 Å². The van der Waals surface area contributed by atoms with Gasteiger partial charge in [0, 0.05) is 28.2 Å². The maximum atomic E-state index is 11.9. The van der Waals surface area contributed by atoms with Gasteiger partial charge < -0.3 is 4.74 Å². The van der Waals surface area contributed by atoms with E-state index in [0.29, 0.717) is 11.3 Å². The van der Waals surface area contributed by atoms with Crippen LogP contribution >= 0.6 is 0 Å². The van der Waals surface area contributed by atoms with Gasteiger partial charge in [-0.1, -0.05) is 25.5 Å². The quantitative estimate of drug-likeness (QED) is 0.226. The van der Waals surface area contributed by atoms with Gasteiger partial charge in [-0.05, 0) is 89.7 Å². The second-order valence-electron chi connectivity index (χ2n) is 8.42. The second kappa shape index (κ2) is 11.0. The normalized spacial score (nSPS) is 15.8. The number of rotatable bonds is 10. The Morgan fingerprint density at radius 2 is 1.90 bits per heavy atom. The van der Waals surface area contributed by atoms with Crippen molar-refractivity contribution in [1.82, 2.24) is 0 Å². The first kappa shape index (κ1) is 24.5. The molecule has 1 aromatic carbocycles. The number of Topliss-reactive ketones (excluding diaryl/α,β-unsaturated/α-hetero) is 1. The molecule has 0 unspecified atom stereocenters. The van der Waals surface area contributed by atoms with E-state index in [4.69, 9.17) is 14.7 Å². The lowest BCUT2D eigenvalue weighted by molar-refractivity contribution is 0.101. The standard InChI is InChI=1S/C27H36N2O2/c1-9-23(25(28-17(2)3)13-12-22-10-11-22)14-18(4)20(6)29-26-15-24(21(7)30)16-27(31-8)19(26)5/h9,14-16,22H,2,10-13H2,1,3-8H3/b18-14-,23-9-,28-25?,29-20?. The van der Waals surface area contributed by atoms with Gasteiger partial charge in [-0.3, -0.25) is 14.8 Å². The lowest BCUT2D eigenvalue weighted by Gasteiger charge is -2.12. The number of carbonyl (C=O) groups excluding carboxylic acids is 1. The van der Waals surface area contributed by atoms with E-state index in [9.17, 15) is 4.79 Å². The molecule has 166 valence electrons. The average molecular weight is 421 g/mol. The van der Waals surface area contributed by atoms with Crippen molar-refractivity contribution in [2.45, 2.75) is 67.2 Å². The van der Waals surface area contributed by atoms with Crippen molar-refractivity contribution >= 4 is 22.9 Å². The first-order valence-corrected chi connectivity index (χ1v) is 11.0. The van der Waals surface area contributed by atoms with Crippen LogP contribution in [0, 0.1) is 12.8 Å². The molecule has 0 radical (unpaired) electrons. The highest BCUT2D eigenvalue weighted by molar-refractivity contribution is 6.07. The van der Waals surface area contributed by atoms with E-state index in [-0.39, 0.29) is 5.78 Å². The van der Waals surface area contributed by atoms with Crippen molar-refractivity contribution in [3.8, 4) is 5.75 Å². The summed E-state index contributed by atoms with van der Waals surface area (Å²) in [5.41, 5.74) is 7.24. The van der Waals surface area contributed by atoms with E-state index in [2.05, 4.69) is 25.7 Å². The SMILES string of the molecule is C=C(C)N=C(CCC1CC1)C(/C=C(/C)C(C)=Nc1cc(C(C)=O)cc(OC)c1C)=C\C. The van der Waals surface area contributed by atoms with Gasteiger partial charge in [-0.2, -0.15) is 0 Å². The number of ether oxygens (including phenoxy) is 1. The van der Waals surface area contributed by atoms with Crippen molar-refractivity contribution < 1.29 is 9.53 Å². The fraction of sp³-hybridized carbons (Fsp3) is 0.444. The highest BCUT2D eigenvalue weighted by atomic mass is 16.5. The Morgan fingerprint density at radius 1 is 1.23 bits per heavy atom. The molecule has 0 bridgehead atoms. The molecule has 1 saturated carbocycles. The summed E-state index contributed by atoms with van der Waals surface area (Å²) in [5.74, 6) is 1.52. The van der Waals surface area contributed by atoms with Crippen molar-refractivity contribution in [2.75, 3.05) is 7.11 Å². The van der Waals surface area contributed by atoms with Gasteiger partial charge in [-0.25, -0.2) is 0 Å². The van der Waals surface area contributed by atoms with Crippen molar-refractivity contribution in [2.24, 2.45) is 15.9 Å². The van der Waals surface area contributed by atoms with Crippen LogP contribution in [0.1, 0.15) is 76.2 Å². The Balaban J connectivity index is 2.37. The Morgan fingerprint density at radius 3 is 2.42 bits per heavy atom. The Labute approximate surface area is 187 Å². The molecule has 1 fully saturated rings. The molecule has 0 aromatic heterocycles. The molecule has 0 aliphatic heterocycles. The molecule has 0 atom stereocenters. The summed E-state index contributed by atoms with van der Waals surface area (Å²) >= 11 is 0. The summed E-state index contributed by atoms with van der Waals surface area (Å²) < 4.78 is 5.45. The minimum absolute atomic E-state index is 0.00724. The molecule has 1 aliphatic rings. The predicted octanol–water partition coefficient (Wildman–Crippen LogP) is 7.36. The molecule has 1 aromatic rings. The number of allylic oxidation sites excluding steroid dienone is 5. The number of hydrogen-bond acceptors (Lipinski definition) is 4. The van der Waals surface area contributed by atoms with Gasteiger partial charge in [0.2, 0.25) is 0 Å². The maximum absolute atomic E-state index is 11.9.